The molecular formula is C12H12FNO. The Bertz CT molecular complexity index is 442. The third-order valence-corrected chi connectivity index (χ3v) is 2.17. The van der Waals surface area contributed by atoms with Gasteiger partial charge in [-0.3, -0.25) is 0 Å². The van der Waals surface area contributed by atoms with Crippen molar-refractivity contribution in [1.29, 1.82) is 0 Å². The molecule has 0 N–H and O–H groups in total. The van der Waals surface area contributed by atoms with Crippen LogP contribution in [0.4, 0.5) is 4.39 Å². The Morgan fingerprint density at radius 3 is 2.40 bits per heavy atom. The van der Waals surface area contributed by atoms with Crippen molar-refractivity contribution >= 4 is 0 Å². The number of hydrogen-bond donors (Lipinski definition) is 0. The van der Waals surface area contributed by atoms with Gasteiger partial charge in [0.2, 0.25) is 0 Å². The fraction of sp³-hybridized carbons (Fsp3) is 0.250. The van der Waals surface area contributed by atoms with Gasteiger partial charge < -0.3 is 4.52 Å². The van der Waals surface area contributed by atoms with E-state index in [1.807, 2.05) is 30.3 Å². The summed E-state index contributed by atoms with van der Waals surface area (Å²) in [5.41, 5.74) is 0.105. The highest BCUT2D eigenvalue weighted by Crippen LogP contribution is 2.28. The Morgan fingerprint density at radius 2 is 1.87 bits per heavy atom. The van der Waals surface area contributed by atoms with Crippen LogP contribution in [-0.4, -0.2) is 5.16 Å². The Morgan fingerprint density at radius 1 is 1.20 bits per heavy atom. The average Bonchev–Trinajstić information content (AvgIpc) is 2.67. The van der Waals surface area contributed by atoms with E-state index in [0.29, 0.717) is 5.69 Å². The molecule has 0 aliphatic heterocycles. The maximum absolute atomic E-state index is 13.5. The number of rotatable bonds is 2. The molecule has 0 saturated carbocycles. The molecule has 0 spiro atoms. The summed E-state index contributed by atoms with van der Waals surface area (Å²) in [5.74, 6) is 0.251. The summed E-state index contributed by atoms with van der Waals surface area (Å²) in [4.78, 5) is 0. The molecule has 2 nitrogen and oxygen atoms in total. The van der Waals surface area contributed by atoms with Crippen molar-refractivity contribution in [1.82, 2.24) is 5.16 Å². The highest BCUT2D eigenvalue weighted by atomic mass is 19.1. The maximum atomic E-state index is 13.5. The molecule has 0 amide bonds. The van der Waals surface area contributed by atoms with Gasteiger partial charge in [-0.05, 0) is 13.8 Å². The van der Waals surface area contributed by atoms with Crippen LogP contribution in [0.1, 0.15) is 19.6 Å². The van der Waals surface area contributed by atoms with E-state index in [0.717, 1.165) is 5.56 Å². The quantitative estimate of drug-likeness (QED) is 0.749. The normalized spacial score (nSPS) is 11.7. The lowest BCUT2D eigenvalue weighted by Crippen LogP contribution is -2.06. The van der Waals surface area contributed by atoms with Crippen molar-refractivity contribution in [2.45, 2.75) is 19.5 Å². The summed E-state index contributed by atoms with van der Waals surface area (Å²) in [6.45, 7) is 2.89. The predicted molar refractivity (Wildman–Crippen MR) is 56.1 cm³/mol. The Balaban J connectivity index is 2.37. The zero-order valence-electron chi connectivity index (χ0n) is 8.70. The second kappa shape index (κ2) is 3.50. The molecule has 15 heavy (non-hydrogen) atoms. The largest absolute Gasteiger partial charge is 0.357 e. The van der Waals surface area contributed by atoms with Crippen molar-refractivity contribution in [3.8, 4) is 11.3 Å². The number of alkyl halides is 1. The molecule has 0 atom stereocenters. The molecule has 0 saturated heterocycles. The molecule has 78 valence electrons. The van der Waals surface area contributed by atoms with Crippen LogP contribution < -0.4 is 0 Å². The lowest BCUT2D eigenvalue weighted by atomic mass is 10.1. The van der Waals surface area contributed by atoms with Gasteiger partial charge in [0.05, 0.1) is 0 Å². The van der Waals surface area contributed by atoms with Gasteiger partial charge in [-0.25, -0.2) is 4.39 Å². The third-order valence-electron chi connectivity index (χ3n) is 2.17. The minimum atomic E-state index is -1.49. The number of nitrogens with zero attached hydrogens (tertiary/aromatic N) is 1. The fourth-order valence-electron chi connectivity index (χ4n) is 1.30. The van der Waals surface area contributed by atoms with Crippen LogP contribution in [-0.2, 0) is 5.67 Å². The van der Waals surface area contributed by atoms with Gasteiger partial charge in [-0.15, -0.1) is 0 Å². The van der Waals surface area contributed by atoms with Crippen LogP contribution in [0.5, 0.6) is 0 Å². The topological polar surface area (TPSA) is 26.0 Å². The molecule has 0 aliphatic rings. The van der Waals surface area contributed by atoms with E-state index in [1.54, 1.807) is 6.07 Å². The van der Waals surface area contributed by atoms with E-state index in [1.165, 1.54) is 13.8 Å². The number of hydrogen-bond acceptors (Lipinski definition) is 2. The molecule has 2 rings (SSSR count). The van der Waals surface area contributed by atoms with E-state index >= 15 is 0 Å². The van der Waals surface area contributed by atoms with Crippen LogP contribution in [0.2, 0.25) is 0 Å². The summed E-state index contributed by atoms with van der Waals surface area (Å²) < 4.78 is 18.5. The number of halogens is 1. The highest BCUT2D eigenvalue weighted by molar-refractivity contribution is 5.58. The molecule has 0 radical (unpaired) electrons. The van der Waals surface area contributed by atoms with Crippen LogP contribution in [0.25, 0.3) is 11.3 Å². The Labute approximate surface area is 87.7 Å². The summed E-state index contributed by atoms with van der Waals surface area (Å²) in [5, 5.41) is 3.84. The van der Waals surface area contributed by atoms with E-state index < -0.39 is 5.67 Å². The maximum Gasteiger partial charge on any atom is 0.173 e. The average molecular weight is 205 g/mol. The zero-order valence-corrected chi connectivity index (χ0v) is 8.70. The lowest BCUT2D eigenvalue weighted by molar-refractivity contribution is 0.163. The second-order valence-electron chi connectivity index (χ2n) is 3.91. The van der Waals surface area contributed by atoms with Crippen LogP contribution in [0.15, 0.2) is 40.9 Å². The molecule has 1 heterocycles. The third kappa shape index (κ3) is 2.06. The fourth-order valence-corrected chi connectivity index (χ4v) is 1.30. The van der Waals surface area contributed by atoms with Gasteiger partial charge in [0.25, 0.3) is 0 Å². The van der Waals surface area contributed by atoms with Gasteiger partial charge >= 0.3 is 0 Å². The summed E-state index contributed by atoms with van der Waals surface area (Å²) in [7, 11) is 0. The van der Waals surface area contributed by atoms with Crippen LogP contribution in [0, 0.1) is 0 Å². The molecule has 0 bridgehead atoms. The first-order valence-corrected chi connectivity index (χ1v) is 4.79. The van der Waals surface area contributed by atoms with Crippen molar-refractivity contribution in [2.24, 2.45) is 0 Å². The van der Waals surface area contributed by atoms with Crippen molar-refractivity contribution in [3.63, 3.8) is 0 Å². The van der Waals surface area contributed by atoms with E-state index in [2.05, 4.69) is 5.16 Å². The minimum absolute atomic E-state index is 0.251. The molecule has 0 aliphatic carbocycles. The lowest BCUT2D eigenvalue weighted by Gasteiger charge is -2.07. The predicted octanol–water partition coefficient (Wildman–Crippen LogP) is 3.55. The molecule has 3 heteroatoms. The van der Waals surface area contributed by atoms with Gasteiger partial charge in [-0.2, -0.15) is 0 Å². The molecule has 1 aromatic heterocycles. The second-order valence-corrected chi connectivity index (χ2v) is 3.91. The van der Waals surface area contributed by atoms with Crippen LogP contribution >= 0.6 is 0 Å². The first kappa shape index (κ1) is 9.90. The SMILES string of the molecule is CC(C)(F)c1cc(-c2ccccc2)no1. The molecule has 1 aromatic carbocycles. The van der Waals surface area contributed by atoms with E-state index in [9.17, 15) is 4.39 Å². The smallest absolute Gasteiger partial charge is 0.173 e. The first-order valence-electron chi connectivity index (χ1n) is 4.79. The first-order chi connectivity index (χ1) is 7.07. The van der Waals surface area contributed by atoms with Gasteiger partial charge in [-0.1, -0.05) is 35.5 Å². The summed E-state index contributed by atoms with van der Waals surface area (Å²) in [6.07, 6.45) is 0. The Kier molecular flexibility index (Phi) is 2.31. The molecular weight excluding hydrogens is 193 g/mol. The van der Waals surface area contributed by atoms with Gasteiger partial charge in [0.1, 0.15) is 5.69 Å². The van der Waals surface area contributed by atoms with Crippen molar-refractivity contribution < 1.29 is 8.91 Å². The summed E-state index contributed by atoms with van der Waals surface area (Å²) >= 11 is 0. The number of benzene rings is 1. The monoisotopic (exact) mass is 205 g/mol. The Hall–Kier alpha value is -1.64. The molecule has 0 unspecified atom stereocenters. The van der Waals surface area contributed by atoms with Crippen LogP contribution in [0.3, 0.4) is 0 Å². The zero-order chi connectivity index (χ0) is 10.9. The van der Waals surface area contributed by atoms with Gasteiger partial charge in [0.15, 0.2) is 11.4 Å². The van der Waals surface area contributed by atoms with E-state index in [4.69, 9.17) is 4.52 Å². The van der Waals surface area contributed by atoms with Crippen molar-refractivity contribution in [3.05, 3.63) is 42.2 Å². The highest BCUT2D eigenvalue weighted by Gasteiger charge is 2.24. The summed E-state index contributed by atoms with van der Waals surface area (Å²) in [6, 6.07) is 11.2. The standard InChI is InChI=1S/C12H12FNO/c1-12(2,13)11-8-10(14-15-11)9-6-4-3-5-7-9/h3-8H,1-2H3. The molecule has 0 fully saturated rings. The van der Waals surface area contributed by atoms with Crippen molar-refractivity contribution in [2.75, 3.05) is 0 Å². The van der Waals surface area contributed by atoms with E-state index in [-0.39, 0.29) is 5.76 Å². The molecule has 2 aromatic rings. The number of aromatic nitrogens is 1. The minimum Gasteiger partial charge on any atom is -0.357 e. The van der Waals surface area contributed by atoms with Gasteiger partial charge in [0, 0.05) is 11.6 Å².